The molecule has 3 aromatic heterocycles. The van der Waals surface area contributed by atoms with E-state index >= 15 is 0 Å². The standard InChI is InChI=1S/C24H27N5OS/c1-16-14-20(21-15-31-24(25-21)27-12-8-9-13-27)17(2)28(16)22-18(3)26(4)29(23(22)30)19-10-6-5-7-11-19/h5-7,10-11,14-15H,8-9,12-13H2,1-4H3. The van der Waals surface area contributed by atoms with E-state index in [1.54, 1.807) is 16.0 Å². The third-order valence-corrected chi connectivity index (χ3v) is 7.22. The predicted molar refractivity (Wildman–Crippen MR) is 127 cm³/mol. The Hall–Kier alpha value is -3.06. The molecule has 7 heteroatoms. The smallest absolute Gasteiger partial charge is 0.295 e. The van der Waals surface area contributed by atoms with Crippen LogP contribution in [-0.2, 0) is 7.05 Å². The van der Waals surface area contributed by atoms with Crippen molar-refractivity contribution in [1.82, 2.24) is 18.9 Å². The third-order valence-electron chi connectivity index (χ3n) is 6.32. The van der Waals surface area contributed by atoms with Gasteiger partial charge < -0.3 is 9.47 Å². The van der Waals surface area contributed by atoms with Crippen molar-refractivity contribution >= 4 is 16.5 Å². The quantitative estimate of drug-likeness (QED) is 0.472. The fraction of sp³-hybridized carbons (Fsp3) is 0.333. The number of nitrogens with zero attached hydrogens (tertiary/aromatic N) is 5. The molecule has 1 aromatic carbocycles. The van der Waals surface area contributed by atoms with Crippen LogP contribution in [0.2, 0.25) is 0 Å². The van der Waals surface area contributed by atoms with Crippen molar-refractivity contribution in [2.75, 3.05) is 18.0 Å². The second kappa shape index (κ2) is 7.57. The number of benzene rings is 1. The zero-order valence-corrected chi connectivity index (χ0v) is 19.2. The van der Waals surface area contributed by atoms with Gasteiger partial charge in [-0.3, -0.25) is 9.48 Å². The molecule has 0 bridgehead atoms. The van der Waals surface area contributed by atoms with Crippen LogP contribution in [-0.4, -0.2) is 32.0 Å². The molecule has 6 nitrogen and oxygen atoms in total. The number of anilines is 1. The lowest BCUT2D eigenvalue weighted by molar-refractivity contribution is 0.630. The van der Waals surface area contributed by atoms with Crippen molar-refractivity contribution in [3.8, 4) is 22.6 Å². The molecule has 0 N–H and O–H groups in total. The normalized spacial score (nSPS) is 14.0. The van der Waals surface area contributed by atoms with E-state index in [-0.39, 0.29) is 5.56 Å². The SMILES string of the molecule is Cc1cc(-c2csc(N3CCCC3)n2)c(C)n1-c1c(C)n(C)n(-c2ccccc2)c1=O. The summed E-state index contributed by atoms with van der Waals surface area (Å²) >= 11 is 1.71. The highest BCUT2D eigenvalue weighted by atomic mass is 32.1. The van der Waals surface area contributed by atoms with E-state index in [0.29, 0.717) is 5.69 Å². The van der Waals surface area contributed by atoms with Crippen molar-refractivity contribution in [2.24, 2.45) is 7.05 Å². The summed E-state index contributed by atoms with van der Waals surface area (Å²) in [4.78, 5) is 20.8. The Morgan fingerprint density at radius 2 is 1.71 bits per heavy atom. The van der Waals surface area contributed by atoms with E-state index in [4.69, 9.17) is 4.98 Å². The fourth-order valence-corrected chi connectivity index (χ4v) is 5.50. The van der Waals surface area contributed by atoms with Crippen LogP contribution in [0.4, 0.5) is 5.13 Å². The van der Waals surface area contributed by atoms with Gasteiger partial charge in [-0.2, -0.15) is 0 Å². The zero-order chi connectivity index (χ0) is 21.7. The number of hydrogen-bond acceptors (Lipinski definition) is 4. The summed E-state index contributed by atoms with van der Waals surface area (Å²) in [6.45, 7) is 8.32. The topological polar surface area (TPSA) is 48.0 Å². The molecule has 0 atom stereocenters. The Balaban J connectivity index is 1.62. The predicted octanol–water partition coefficient (Wildman–Crippen LogP) is 4.62. The largest absolute Gasteiger partial charge is 0.348 e. The van der Waals surface area contributed by atoms with E-state index in [9.17, 15) is 4.79 Å². The van der Waals surface area contributed by atoms with Crippen molar-refractivity contribution < 1.29 is 0 Å². The van der Waals surface area contributed by atoms with Gasteiger partial charge in [-0.1, -0.05) is 18.2 Å². The average molecular weight is 434 g/mol. The summed E-state index contributed by atoms with van der Waals surface area (Å²) in [5.41, 5.74) is 6.63. The maximum atomic E-state index is 13.5. The minimum atomic E-state index is -0.0180. The van der Waals surface area contributed by atoms with Crippen LogP contribution in [0.3, 0.4) is 0 Å². The maximum Gasteiger partial charge on any atom is 0.295 e. The summed E-state index contributed by atoms with van der Waals surface area (Å²) in [5, 5.41) is 3.24. The van der Waals surface area contributed by atoms with Crippen molar-refractivity contribution in [3.05, 3.63) is 69.2 Å². The lowest BCUT2D eigenvalue weighted by Gasteiger charge is -2.12. The molecule has 160 valence electrons. The van der Waals surface area contributed by atoms with E-state index in [0.717, 1.165) is 52.2 Å². The molecule has 5 rings (SSSR count). The van der Waals surface area contributed by atoms with Gasteiger partial charge in [0, 0.05) is 42.5 Å². The van der Waals surface area contributed by atoms with Crippen molar-refractivity contribution in [3.63, 3.8) is 0 Å². The van der Waals surface area contributed by atoms with Gasteiger partial charge in [-0.25, -0.2) is 9.67 Å². The van der Waals surface area contributed by atoms with Crippen LogP contribution in [0.1, 0.15) is 29.9 Å². The molecule has 1 fully saturated rings. The number of aryl methyl sites for hydroxylation is 1. The van der Waals surface area contributed by atoms with Gasteiger partial charge in [0.2, 0.25) is 0 Å². The van der Waals surface area contributed by atoms with Crippen LogP contribution >= 0.6 is 11.3 Å². The Morgan fingerprint density at radius 1 is 1.00 bits per heavy atom. The van der Waals surface area contributed by atoms with Crippen molar-refractivity contribution in [2.45, 2.75) is 33.6 Å². The van der Waals surface area contributed by atoms with Gasteiger partial charge in [0.15, 0.2) is 5.13 Å². The molecular weight excluding hydrogens is 406 g/mol. The fourth-order valence-electron chi connectivity index (χ4n) is 4.62. The molecule has 0 unspecified atom stereocenters. The summed E-state index contributed by atoms with van der Waals surface area (Å²) in [6.07, 6.45) is 2.48. The summed E-state index contributed by atoms with van der Waals surface area (Å²) in [5.74, 6) is 0. The first-order valence-electron chi connectivity index (χ1n) is 10.7. The number of hydrogen-bond donors (Lipinski definition) is 0. The molecular formula is C24H27N5OS. The number of para-hydroxylation sites is 1. The van der Waals surface area contributed by atoms with Crippen molar-refractivity contribution in [1.29, 1.82) is 0 Å². The van der Waals surface area contributed by atoms with Gasteiger partial charge in [0.1, 0.15) is 5.69 Å². The molecule has 0 spiro atoms. The summed E-state index contributed by atoms with van der Waals surface area (Å²) in [6, 6.07) is 11.9. The lowest BCUT2D eigenvalue weighted by Crippen LogP contribution is -2.21. The van der Waals surface area contributed by atoms with Crippen LogP contribution in [0.5, 0.6) is 0 Å². The van der Waals surface area contributed by atoms with E-state index in [1.165, 1.54) is 12.8 Å². The summed E-state index contributed by atoms with van der Waals surface area (Å²) in [7, 11) is 1.94. The van der Waals surface area contributed by atoms with E-state index in [1.807, 2.05) is 49.0 Å². The molecule has 0 aliphatic carbocycles. The Kier molecular flexibility index (Phi) is 4.85. The third kappa shape index (κ3) is 3.15. The average Bonchev–Trinajstić information content (AvgIpc) is 3.54. The minimum absolute atomic E-state index is 0.0180. The Labute approximate surface area is 186 Å². The first kappa shape index (κ1) is 19.9. The highest BCUT2D eigenvalue weighted by Crippen LogP contribution is 2.34. The van der Waals surface area contributed by atoms with Gasteiger partial charge in [-0.15, -0.1) is 11.3 Å². The second-order valence-corrected chi connectivity index (χ2v) is 9.08. The molecule has 4 heterocycles. The number of thiazole rings is 1. The van der Waals surface area contributed by atoms with Gasteiger partial charge in [0.25, 0.3) is 5.56 Å². The molecule has 0 amide bonds. The molecule has 0 saturated carbocycles. The van der Waals surface area contributed by atoms with E-state index < -0.39 is 0 Å². The molecule has 1 aliphatic rings. The van der Waals surface area contributed by atoms with Gasteiger partial charge in [-0.05, 0) is 51.8 Å². The van der Waals surface area contributed by atoms with E-state index in [2.05, 4.69) is 34.8 Å². The molecule has 1 saturated heterocycles. The Morgan fingerprint density at radius 3 is 2.42 bits per heavy atom. The Bertz CT molecular complexity index is 1300. The van der Waals surface area contributed by atoms with Crippen LogP contribution in [0.25, 0.3) is 22.6 Å². The first-order chi connectivity index (χ1) is 15.0. The number of rotatable bonds is 4. The van der Waals surface area contributed by atoms with Crippen LogP contribution < -0.4 is 10.5 Å². The molecule has 31 heavy (non-hydrogen) atoms. The molecule has 0 radical (unpaired) electrons. The highest BCUT2D eigenvalue weighted by molar-refractivity contribution is 7.14. The van der Waals surface area contributed by atoms with Crippen LogP contribution in [0.15, 0.2) is 46.6 Å². The highest BCUT2D eigenvalue weighted by Gasteiger charge is 2.23. The number of aromatic nitrogens is 4. The monoisotopic (exact) mass is 433 g/mol. The first-order valence-corrected chi connectivity index (χ1v) is 11.6. The molecule has 1 aliphatic heterocycles. The lowest BCUT2D eigenvalue weighted by atomic mass is 10.2. The zero-order valence-electron chi connectivity index (χ0n) is 18.4. The van der Waals surface area contributed by atoms with Gasteiger partial charge in [0.05, 0.1) is 17.1 Å². The summed E-state index contributed by atoms with van der Waals surface area (Å²) < 4.78 is 5.75. The van der Waals surface area contributed by atoms with Crippen LogP contribution in [0, 0.1) is 20.8 Å². The molecule has 4 aromatic rings. The van der Waals surface area contributed by atoms with Gasteiger partial charge >= 0.3 is 0 Å². The minimum Gasteiger partial charge on any atom is -0.348 e. The maximum absolute atomic E-state index is 13.5. The second-order valence-electron chi connectivity index (χ2n) is 8.24.